The second-order valence-corrected chi connectivity index (χ2v) is 7.20. The predicted molar refractivity (Wildman–Crippen MR) is 97.5 cm³/mol. The lowest BCUT2D eigenvalue weighted by Gasteiger charge is -2.19. The summed E-state index contributed by atoms with van der Waals surface area (Å²) in [7, 11) is 0. The summed E-state index contributed by atoms with van der Waals surface area (Å²) in [6, 6.07) is 4.29. The van der Waals surface area contributed by atoms with E-state index >= 15 is 0 Å². The number of hydrogen-bond donors (Lipinski definition) is 1. The third-order valence-corrected chi connectivity index (χ3v) is 5.03. The number of carbonyl (C=O) groups excluding carboxylic acids is 1. The number of rotatable bonds is 1. The summed E-state index contributed by atoms with van der Waals surface area (Å²) in [4.78, 5) is 12.7. The van der Waals surface area contributed by atoms with Crippen molar-refractivity contribution >= 4 is 5.97 Å². The van der Waals surface area contributed by atoms with Crippen molar-refractivity contribution in [2.75, 3.05) is 0 Å². The molecule has 0 bridgehead atoms. The molecule has 1 N–H and O–H groups in total. The smallest absolute Gasteiger partial charge is 0.338 e. The van der Waals surface area contributed by atoms with Gasteiger partial charge in [-0.3, -0.25) is 0 Å². The van der Waals surface area contributed by atoms with Crippen LogP contribution in [-0.2, 0) is 17.6 Å². The molecule has 0 spiro atoms. The number of hydrogen-bond acceptors (Lipinski definition) is 3. The molecule has 1 aromatic rings. The quantitative estimate of drug-likeness (QED) is 0.755. The van der Waals surface area contributed by atoms with Crippen LogP contribution < -0.4 is 0 Å². The summed E-state index contributed by atoms with van der Waals surface area (Å²) in [5.41, 5.74) is 4.21. The first-order valence-corrected chi connectivity index (χ1v) is 9.52. The Morgan fingerprint density at radius 3 is 2.62 bits per heavy atom. The summed E-state index contributed by atoms with van der Waals surface area (Å²) in [5.74, 6) is -0.185. The van der Waals surface area contributed by atoms with Gasteiger partial charge in [-0.25, -0.2) is 4.79 Å². The summed E-state index contributed by atoms with van der Waals surface area (Å²) < 4.78 is 5.69. The molecule has 0 aromatic heterocycles. The Balaban J connectivity index is 2.24. The highest BCUT2D eigenvalue weighted by Gasteiger charge is 2.20. The van der Waals surface area contributed by atoms with Gasteiger partial charge in [0.05, 0.1) is 17.8 Å². The van der Waals surface area contributed by atoms with E-state index in [-0.39, 0.29) is 18.2 Å². The fraction of sp³-hybridized carbons (Fsp3) is 0.667. The third-order valence-electron chi connectivity index (χ3n) is 5.03. The fourth-order valence-electron chi connectivity index (χ4n) is 3.59. The van der Waals surface area contributed by atoms with Gasteiger partial charge >= 0.3 is 5.97 Å². The zero-order chi connectivity index (χ0) is 17.5. The molecule has 2 rings (SSSR count). The molecule has 24 heavy (non-hydrogen) atoms. The van der Waals surface area contributed by atoms with Crippen molar-refractivity contribution in [3.63, 3.8) is 0 Å². The molecular weight excluding hydrogens is 300 g/mol. The number of aliphatic hydroxyl groups excluding tert-OH is 1. The van der Waals surface area contributed by atoms with Crippen LogP contribution in [0.2, 0.25) is 0 Å². The summed E-state index contributed by atoms with van der Waals surface area (Å²) in [5, 5.41) is 10.0. The van der Waals surface area contributed by atoms with Crippen molar-refractivity contribution in [1.82, 2.24) is 0 Å². The number of fused-ring (bicyclic) bond motifs is 1. The Morgan fingerprint density at radius 2 is 1.88 bits per heavy atom. The van der Waals surface area contributed by atoms with Crippen molar-refractivity contribution in [2.45, 2.75) is 90.8 Å². The van der Waals surface area contributed by atoms with Crippen LogP contribution in [0.3, 0.4) is 0 Å². The summed E-state index contributed by atoms with van der Waals surface area (Å²) in [6.07, 6.45) is 8.17. The number of benzene rings is 1. The molecule has 1 heterocycles. The maximum absolute atomic E-state index is 12.7. The van der Waals surface area contributed by atoms with Crippen LogP contribution in [0.15, 0.2) is 12.1 Å². The molecule has 3 nitrogen and oxygen atoms in total. The lowest BCUT2D eigenvalue weighted by molar-refractivity contribution is 0.0308. The van der Waals surface area contributed by atoms with Gasteiger partial charge in [-0.15, -0.1) is 0 Å². The number of esters is 1. The van der Waals surface area contributed by atoms with Gasteiger partial charge in [0.15, 0.2) is 0 Å². The lowest BCUT2D eigenvalue weighted by Crippen LogP contribution is -2.19. The van der Waals surface area contributed by atoms with E-state index in [1.807, 2.05) is 13.8 Å². The first-order chi connectivity index (χ1) is 11.5. The first-order valence-electron chi connectivity index (χ1n) is 9.52. The van der Waals surface area contributed by atoms with Gasteiger partial charge in [0.1, 0.15) is 0 Å². The molecule has 134 valence electrons. The Labute approximate surface area is 146 Å². The van der Waals surface area contributed by atoms with Crippen molar-refractivity contribution in [2.24, 2.45) is 0 Å². The molecule has 1 aliphatic heterocycles. The second-order valence-electron chi connectivity index (χ2n) is 7.20. The molecule has 1 aromatic carbocycles. The molecule has 0 radical (unpaired) electrons. The van der Waals surface area contributed by atoms with Gasteiger partial charge in [0.2, 0.25) is 0 Å². The van der Waals surface area contributed by atoms with Crippen molar-refractivity contribution in [1.29, 1.82) is 0 Å². The van der Waals surface area contributed by atoms with Crippen LogP contribution in [0, 0.1) is 6.92 Å². The minimum atomic E-state index is -0.211. The highest BCUT2D eigenvalue weighted by atomic mass is 16.5. The Hall–Kier alpha value is -1.35. The first kappa shape index (κ1) is 19.0. The normalized spacial score (nSPS) is 23.9. The summed E-state index contributed by atoms with van der Waals surface area (Å²) in [6.45, 7) is 6.11. The number of aliphatic hydroxyl groups is 1. The van der Waals surface area contributed by atoms with E-state index < -0.39 is 0 Å². The zero-order valence-electron chi connectivity index (χ0n) is 15.4. The molecule has 0 amide bonds. The number of carbonyl (C=O) groups is 1. The van der Waals surface area contributed by atoms with E-state index in [2.05, 4.69) is 19.1 Å². The van der Waals surface area contributed by atoms with Crippen LogP contribution in [-0.4, -0.2) is 23.3 Å². The molecule has 2 unspecified atom stereocenters. The largest absolute Gasteiger partial charge is 0.459 e. The molecule has 0 fully saturated rings. The van der Waals surface area contributed by atoms with E-state index in [1.165, 1.54) is 5.56 Å². The molecule has 3 heteroatoms. The summed E-state index contributed by atoms with van der Waals surface area (Å²) >= 11 is 0. The van der Waals surface area contributed by atoms with Crippen molar-refractivity contribution < 1.29 is 14.6 Å². The van der Waals surface area contributed by atoms with Crippen molar-refractivity contribution in [3.8, 4) is 0 Å². The average Bonchev–Trinajstić information content (AvgIpc) is 2.53. The Bertz CT molecular complexity index is 550. The molecular formula is C21H32O3. The number of cyclic esters (lactones) is 1. The van der Waals surface area contributed by atoms with Crippen LogP contribution in [0.5, 0.6) is 0 Å². The van der Waals surface area contributed by atoms with Gasteiger partial charge < -0.3 is 9.84 Å². The molecule has 0 aliphatic carbocycles. The Kier molecular flexibility index (Phi) is 7.29. The number of aryl methyl sites for hydroxylation is 3. The van der Waals surface area contributed by atoms with Gasteiger partial charge in [-0.05, 0) is 75.5 Å². The minimum absolute atomic E-state index is 0.106. The second kappa shape index (κ2) is 9.22. The van der Waals surface area contributed by atoms with Gasteiger partial charge in [0.25, 0.3) is 0 Å². The standard InChI is InChI=1S/C21H32O3/c1-4-17-13-15(2)20-18(14-17)10-6-5-7-11-19(22)12-8-9-16(3)24-21(20)23/h13-14,16,19,22H,4-12H2,1-3H3. The lowest BCUT2D eigenvalue weighted by atomic mass is 9.93. The monoisotopic (exact) mass is 332 g/mol. The average molecular weight is 332 g/mol. The van der Waals surface area contributed by atoms with Crippen molar-refractivity contribution in [3.05, 3.63) is 34.4 Å². The molecule has 0 saturated heterocycles. The topological polar surface area (TPSA) is 46.5 Å². The SMILES string of the molecule is CCc1cc(C)c2c(c1)CCCCCC(O)CCCC(C)OC2=O. The highest BCUT2D eigenvalue weighted by Crippen LogP contribution is 2.23. The van der Waals surface area contributed by atoms with E-state index in [0.29, 0.717) is 0 Å². The minimum Gasteiger partial charge on any atom is -0.459 e. The third kappa shape index (κ3) is 5.34. The van der Waals surface area contributed by atoms with Crippen LogP contribution in [0.4, 0.5) is 0 Å². The fourth-order valence-corrected chi connectivity index (χ4v) is 3.59. The van der Waals surface area contributed by atoms with Gasteiger partial charge in [-0.2, -0.15) is 0 Å². The molecule has 2 atom stereocenters. The van der Waals surface area contributed by atoms with E-state index in [4.69, 9.17) is 4.74 Å². The highest BCUT2D eigenvalue weighted by molar-refractivity contribution is 5.93. The predicted octanol–water partition coefficient (Wildman–Crippen LogP) is 4.75. The van der Waals surface area contributed by atoms with Crippen LogP contribution in [0.25, 0.3) is 0 Å². The molecule has 0 saturated carbocycles. The van der Waals surface area contributed by atoms with E-state index in [9.17, 15) is 9.90 Å². The Morgan fingerprint density at radius 1 is 1.12 bits per heavy atom. The van der Waals surface area contributed by atoms with E-state index in [1.54, 1.807) is 0 Å². The van der Waals surface area contributed by atoms with Gasteiger partial charge in [0, 0.05) is 0 Å². The van der Waals surface area contributed by atoms with Crippen LogP contribution in [0.1, 0.15) is 85.8 Å². The van der Waals surface area contributed by atoms with Gasteiger partial charge in [-0.1, -0.05) is 31.9 Å². The van der Waals surface area contributed by atoms with E-state index in [0.717, 1.165) is 74.5 Å². The zero-order valence-corrected chi connectivity index (χ0v) is 15.4. The maximum atomic E-state index is 12.7. The van der Waals surface area contributed by atoms with Crippen LogP contribution >= 0.6 is 0 Å². The maximum Gasteiger partial charge on any atom is 0.338 e. The number of ether oxygens (including phenoxy) is 1. The molecule has 1 aliphatic rings.